The van der Waals surface area contributed by atoms with Gasteiger partial charge < -0.3 is 10.5 Å². The van der Waals surface area contributed by atoms with Gasteiger partial charge in [-0.2, -0.15) is 5.10 Å². The van der Waals surface area contributed by atoms with Crippen LogP contribution in [0.1, 0.15) is 32.5 Å². The Morgan fingerprint density at radius 2 is 1.93 bits per heavy atom. The Labute approximate surface area is 84.5 Å². The topological polar surface area (TPSA) is 61.0 Å². The molecule has 0 aliphatic rings. The monoisotopic (exact) mass is 195 g/mol. The number of hydrogen-bond acceptors (Lipinski definition) is 4. The van der Waals surface area contributed by atoms with Crippen molar-refractivity contribution in [3.05, 3.63) is 17.8 Å². The molecule has 1 heterocycles. The molecule has 4 heteroatoms. The van der Waals surface area contributed by atoms with Crippen molar-refractivity contribution in [2.75, 3.05) is 7.11 Å². The van der Waals surface area contributed by atoms with Crippen LogP contribution in [0.15, 0.2) is 12.1 Å². The highest BCUT2D eigenvalue weighted by atomic mass is 16.5. The zero-order chi connectivity index (χ0) is 10.8. The first-order valence-corrected chi connectivity index (χ1v) is 4.58. The predicted octanol–water partition coefficient (Wildman–Crippen LogP) is 1.53. The second kappa shape index (κ2) is 3.92. The van der Waals surface area contributed by atoms with Crippen LogP contribution < -0.4 is 10.5 Å². The third-order valence-corrected chi connectivity index (χ3v) is 2.12. The molecule has 1 aromatic heterocycles. The lowest BCUT2D eigenvalue weighted by Gasteiger charge is -2.25. The van der Waals surface area contributed by atoms with E-state index in [1.54, 1.807) is 13.2 Å². The maximum Gasteiger partial charge on any atom is 0.233 e. The molecule has 1 aromatic rings. The molecule has 0 saturated carbocycles. The summed E-state index contributed by atoms with van der Waals surface area (Å²) in [6.45, 7) is 6.22. The van der Waals surface area contributed by atoms with Crippen molar-refractivity contribution in [1.82, 2.24) is 10.2 Å². The smallest absolute Gasteiger partial charge is 0.233 e. The maximum atomic E-state index is 6.02. The van der Waals surface area contributed by atoms with Gasteiger partial charge in [0.1, 0.15) is 0 Å². The molecule has 0 aliphatic carbocycles. The molecule has 1 unspecified atom stereocenters. The van der Waals surface area contributed by atoms with Gasteiger partial charge in [0.05, 0.1) is 18.8 Å². The molecule has 1 rings (SSSR count). The highest BCUT2D eigenvalue weighted by molar-refractivity contribution is 5.15. The molecular weight excluding hydrogens is 178 g/mol. The van der Waals surface area contributed by atoms with E-state index in [1.165, 1.54) is 0 Å². The van der Waals surface area contributed by atoms with E-state index in [-0.39, 0.29) is 11.5 Å². The number of rotatable bonds is 2. The molecule has 78 valence electrons. The van der Waals surface area contributed by atoms with Crippen molar-refractivity contribution in [1.29, 1.82) is 0 Å². The molecule has 0 aromatic carbocycles. The number of nitrogens with zero attached hydrogens (tertiary/aromatic N) is 2. The Bertz CT molecular complexity index is 289. The van der Waals surface area contributed by atoms with Crippen molar-refractivity contribution in [2.24, 2.45) is 11.1 Å². The van der Waals surface area contributed by atoms with Crippen molar-refractivity contribution in [3.8, 4) is 5.88 Å². The molecule has 2 N–H and O–H groups in total. The standard InChI is InChI=1S/C10H17N3O/c1-10(2,3)9(11)7-5-6-8(14-4)13-12-7/h5-6,9H,11H2,1-4H3. The van der Waals surface area contributed by atoms with E-state index in [4.69, 9.17) is 10.5 Å². The lowest BCUT2D eigenvalue weighted by Crippen LogP contribution is -2.27. The molecule has 0 fully saturated rings. The van der Waals surface area contributed by atoms with Crippen LogP contribution in [0.4, 0.5) is 0 Å². The highest BCUT2D eigenvalue weighted by Gasteiger charge is 2.23. The van der Waals surface area contributed by atoms with Crippen molar-refractivity contribution >= 4 is 0 Å². The van der Waals surface area contributed by atoms with Gasteiger partial charge in [-0.15, -0.1) is 5.10 Å². The van der Waals surface area contributed by atoms with Crippen LogP contribution in [0.5, 0.6) is 5.88 Å². The number of nitrogens with two attached hydrogens (primary N) is 1. The Hall–Kier alpha value is -1.16. The molecule has 0 aliphatic heterocycles. The summed E-state index contributed by atoms with van der Waals surface area (Å²) in [5.41, 5.74) is 6.80. The fourth-order valence-electron chi connectivity index (χ4n) is 1.05. The van der Waals surface area contributed by atoms with Gasteiger partial charge in [-0.05, 0) is 11.5 Å². The van der Waals surface area contributed by atoms with E-state index in [2.05, 4.69) is 31.0 Å². The molecule has 0 bridgehead atoms. The number of aromatic nitrogens is 2. The summed E-state index contributed by atoms with van der Waals surface area (Å²) >= 11 is 0. The molecule has 0 saturated heterocycles. The molecule has 14 heavy (non-hydrogen) atoms. The average molecular weight is 195 g/mol. The lowest BCUT2D eigenvalue weighted by molar-refractivity contribution is 0.317. The van der Waals surface area contributed by atoms with Crippen molar-refractivity contribution in [3.63, 3.8) is 0 Å². The van der Waals surface area contributed by atoms with Crippen LogP contribution in [0, 0.1) is 5.41 Å². The van der Waals surface area contributed by atoms with Crippen LogP contribution in [0.25, 0.3) is 0 Å². The van der Waals surface area contributed by atoms with E-state index in [1.807, 2.05) is 6.07 Å². The van der Waals surface area contributed by atoms with Gasteiger partial charge in [0, 0.05) is 6.07 Å². The van der Waals surface area contributed by atoms with Crippen molar-refractivity contribution < 1.29 is 4.74 Å². The number of hydrogen-bond donors (Lipinski definition) is 1. The Balaban J connectivity index is 2.87. The van der Waals surface area contributed by atoms with E-state index in [0.29, 0.717) is 5.88 Å². The van der Waals surface area contributed by atoms with Gasteiger partial charge in [-0.25, -0.2) is 0 Å². The highest BCUT2D eigenvalue weighted by Crippen LogP contribution is 2.28. The van der Waals surface area contributed by atoms with Crippen LogP contribution in [-0.4, -0.2) is 17.3 Å². The summed E-state index contributed by atoms with van der Waals surface area (Å²) in [6, 6.07) is 3.51. The molecular formula is C10H17N3O. The summed E-state index contributed by atoms with van der Waals surface area (Å²) in [6.07, 6.45) is 0. The SMILES string of the molecule is COc1ccc(C(N)C(C)(C)C)nn1. The fourth-order valence-corrected chi connectivity index (χ4v) is 1.05. The van der Waals surface area contributed by atoms with Crippen LogP contribution >= 0.6 is 0 Å². The van der Waals surface area contributed by atoms with E-state index in [9.17, 15) is 0 Å². The first-order valence-electron chi connectivity index (χ1n) is 4.58. The van der Waals surface area contributed by atoms with Gasteiger partial charge in [-0.1, -0.05) is 20.8 Å². The van der Waals surface area contributed by atoms with Crippen LogP contribution in [-0.2, 0) is 0 Å². The molecule has 4 nitrogen and oxygen atoms in total. The minimum atomic E-state index is -0.110. The van der Waals surface area contributed by atoms with Gasteiger partial charge in [0.15, 0.2) is 0 Å². The largest absolute Gasteiger partial charge is 0.480 e. The number of methoxy groups -OCH3 is 1. The molecule has 0 radical (unpaired) electrons. The zero-order valence-electron chi connectivity index (χ0n) is 9.11. The van der Waals surface area contributed by atoms with Gasteiger partial charge >= 0.3 is 0 Å². The lowest BCUT2D eigenvalue weighted by atomic mass is 9.85. The van der Waals surface area contributed by atoms with E-state index in [0.717, 1.165) is 5.69 Å². The summed E-state index contributed by atoms with van der Waals surface area (Å²) in [7, 11) is 1.56. The summed E-state index contributed by atoms with van der Waals surface area (Å²) in [4.78, 5) is 0. The van der Waals surface area contributed by atoms with Crippen LogP contribution in [0.3, 0.4) is 0 Å². The van der Waals surface area contributed by atoms with Gasteiger partial charge in [-0.3, -0.25) is 0 Å². The third-order valence-electron chi connectivity index (χ3n) is 2.12. The Kier molecular flexibility index (Phi) is 3.06. The second-order valence-electron chi connectivity index (χ2n) is 4.34. The molecule has 0 amide bonds. The average Bonchev–Trinajstić information content (AvgIpc) is 2.15. The van der Waals surface area contributed by atoms with Gasteiger partial charge in [0.2, 0.25) is 5.88 Å². The summed E-state index contributed by atoms with van der Waals surface area (Å²) < 4.78 is 4.92. The number of ether oxygens (including phenoxy) is 1. The predicted molar refractivity (Wildman–Crippen MR) is 55.0 cm³/mol. The van der Waals surface area contributed by atoms with Gasteiger partial charge in [0.25, 0.3) is 0 Å². The maximum absolute atomic E-state index is 6.02. The van der Waals surface area contributed by atoms with Crippen molar-refractivity contribution in [2.45, 2.75) is 26.8 Å². The van der Waals surface area contributed by atoms with E-state index < -0.39 is 0 Å². The fraction of sp³-hybridized carbons (Fsp3) is 0.600. The quantitative estimate of drug-likeness (QED) is 0.777. The minimum Gasteiger partial charge on any atom is -0.480 e. The Morgan fingerprint density at radius 3 is 2.29 bits per heavy atom. The molecule has 0 spiro atoms. The molecule has 1 atom stereocenters. The first kappa shape index (κ1) is 10.9. The second-order valence-corrected chi connectivity index (χ2v) is 4.34. The third kappa shape index (κ3) is 2.42. The normalized spacial score (nSPS) is 13.8. The summed E-state index contributed by atoms with van der Waals surface area (Å²) in [5, 5.41) is 7.90. The first-order chi connectivity index (χ1) is 6.45. The van der Waals surface area contributed by atoms with E-state index >= 15 is 0 Å². The Morgan fingerprint density at radius 1 is 1.29 bits per heavy atom. The zero-order valence-corrected chi connectivity index (χ0v) is 9.11. The van der Waals surface area contributed by atoms with Crippen LogP contribution in [0.2, 0.25) is 0 Å². The minimum absolute atomic E-state index is 0.0106. The summed E-state index contributed by atoms with van der Waals surface area (Å²) in [5.74, 6) is 0.509.